The highest BCUT2D eigenvalue weighted by molar-refractivity contribution is 6.30. The fourth-order valence-electron chi connectivity index (χ4n) is 3.65. The van der Waals surface area contributed by atoms with Gasteiger partial charge in [0.2, 0.25) is 0 Å². The summed E-state index contributed by atoms with van der Waals surface area (Å²) in [5.74, 6) is -1.42. The second kappa shape index (κ2) is 9.86. The SMILES string of the molecule is CN(C(=O)c1cnccc1CN1CC(=O)N(c2ccc(OC(F)(F)F)cc2)C1=O)c1ccc(Cl)cc1. The topological polar surface area (TPSA) is 83.1 Å². The summed E-state index contributed by atoms with van der Waals surface area (Å²) in [6.45, 7) is -0.336. The van der Waals surface area contributed by atoms with Crippen molar-refractivity contribution in [2.75, 3.05) is 23.4 Å². The molecule has 36 heavy (non-hydrogen) atoms. The van der Waals surface area contributed by atoms with Gasteiger partial charge >= 0.3 is 12.4 Å². The van der Waals surface area contributed by atoms with Crippen LogP contribution in [0.2, 0.25) is 5.02 Å². The normalized spacial score (nSPS) is 13.8. The van der Waals surface area contributed by atoms with Crippen molar-refractivity contribution < 1.29 is 32.3 Å². The standard InChI is InChI=1S/C24H18ClF3N4O4/c1-30(17-4-2-16(25)3-5-17)22(34)20-12-29-11-10-15(20)13-31-14-21(33)32(23(31)35)18-6-8-19(9-7-18)36-24(26,27)28/h2-12H,13-14H2,1H3. The maximum Gasteiger partial charge on any atom is 0.573 e. The molecule has 1 aliphatic heterocycles. The Balaban J connectivity index is 1.51. The molecular formula is C24H18ClF3N4O4. The van der Waals surface area contributed by atoms with Crippen molar-refractivity contribution in [1.82, 2.24) is 9.88 Å². The number of anilines is 2. The highest BCUT2D eigenvalue weighted by atomic mass is 35.5. The van der Waals surface area contributed by atoms with Gasteiger partial charge in [-0.3, -0.25) is 14.6 Å². The van der Waals surface area contributed by atoms with E-state index in [1.807, 2.05) is 0 Å². The summed E-state index contributed by atoms with van der Waals surface area (Å²) in [5.41, 5.74) is 1.39. The predicted molar refractivity (Wildman–Crippen MR) is 125 cm³/mol. The molecule has 12 heteroatoms. The number of benzene rings is 2. The molecule has 8 nitrogen and oxygen atoms in total. The Labute approximate surface area is 208 Å². The lowest BCUT2D eigenvalue weighted by atomic mass is 10.1. The van der Waals surface area contributed by atoms with Gasteiger partial charge in [-0.2, -0.15) is 0 Å². The van der Waals surface area contributed by atoms with E-state index in [0.717, 1.165) is 17.0 Å². The van der Waals surface area contributed by atoms with Crippen molar-refractivity contribution in [2.24, 2.45) is 0 Å². The zero-order valence-corrected chi connectivity index (χ0v) is 19.5. The number of amides is 4. The third-order valence-corrected chi connectivity index (χ3v) is 5.64. The predicted octanol–water partition coefficient (Wildman–Crippen LogP) is 4.88. The van der Waals surface area contributed by atoms with Gasteiger partial charge in [0.15, 0.2) is 0 Å². The van der Waals surface area contributed by atoms with Crippen molar-refractivity contribution in [2.45, 2.75) is 12.9 Å². The summed E-state index contributed by atoms with van der Waals surface area (Å²) in [6, 6.07) is 12.0. The number of hydrogen-bond donors (Lipinski definition) is 0. The lowest BCUT2D eigenvalue weighted by molar-refractivity contribution is -0.274. The van der Waals surface area contributed by atoms with Crippen molar-refractivity contribution in [1.29, 1.82) is 0 Å². The number of urea groups is 1. The number of aromatic nitrogens is 1. The Morgan fingerprint density at radius 2 is 1.75 bits per heavy atom. The molecule has 0 N–H and O–H groups in total. The number of rotatable bonds is 6. The van der Waals surface area contributed by atoms with Gasteiger partial charge < -0.3 is 14.5 Å². The zero-order chi connectivity index (χ0) is 26.0. The van der Waals surface area contributed by atoms with E-state index < -0.39 is 24.1 Å². The Morgan fingerprint density at radius 1 is 1.08 bits per heavy atom. The fourth-order valence-corrected chi connectivity index (χ4v) is 3.77. The first-order chi connectivity index (χ1) is 17.0. The molecule has 186 valence electrons. The molecular weight excluding hydrogens is 501 g/mol. The van der Waals surface area contributed by atoms with E-state index in [-0.39, 0.29) is 30.2 Å². The van der Waals surface area contributed by atoms with Crippen molar-refractivity contribution >= 4 is 40.8 Å². The number of carbonyl (C=O) groups excluding carboxylic acids is 3. The van der Waals surface area contributed by atoms with Crippen molar-refractivity contribution in [3.8, 4) is 5.75 Å². The van der Waals surface area contributed by atoms with Gasteiger partial charge in [0.25, 0.3) is 11.8 Å². The lowest BCUT2D eigenvalue weighted by Gasteiger charge is -2.21. The molecule has 1 aliphatic rings. The van der Waals surface area contributed by atoms with Gasteiger partial charge in [-0.1, -0.05) is 11.6 Å². The quantitative estimate of drug-likeness (QED) is 0.434. The molecule has 0 saturated carbocycles. The summed E-state index contributed by atoms with van der Waals surface area (Å²) < 4.78 is 41.0. The lowest BCUT2D eigenvalue weighted by Crippen LogP contribution is -2.33. The van der Waals surface area contributed by atoms with Crippen LogP contribution in [-0.4, -0.2) is 47.7 Å². The van der Waals surface area contributed by atoms with E-state index >= 15 is 0 Å². The Hall–Kier alpha value is -4.12. The zero-order valence-electron chi connectivity index (χ0n) is 18.7. The number of halogens is 4. The van der Waals surface area contributed by atoms with Crippen LogP contribution in [0.15, 0.2) is 67.0 Å². The number of hydrogen-bond acceptors (Lipinski definition) is 5. The Morgan fingerprint density at radius 3 is 2.39 bits per heavy atom. The van der Waals surface area contributed by atoms with Crippen LogP contribution in [0.5, 0.6) is 5.75 Å². The van der Waals surface area contributed by atoms with E-state index in [1.165, 1.54) is 34.3 Å². The van der Waals surface area contributed by atoms with Crippen LogP contribution >= 0.6 is 11.6 Å². The van der Waals surface area contributed by atoms with Gasteiger partial charge in [-0.25, -0.2) is 9.69 Å². The van der Waals surface area contributed by atoms with E-state index in [4.69, 9.17) is 11.6 Å². The number of alkyl halides is 3. The minimum atomic E-state index is -4.86. The van der Waals surface area contributed by atoms with Gasteiger partial charge in [0.05, 0.1) is 11.3 Å². The van der Waals surface area contributed by atoms with Gasteiger partial charge in [-0.15, -0.1) is 13.2 Å². The van der Waals surface area contributed by atoms with Crippen LogP contribution in [0.4, 0.5) is 29.3 Å². The minimum Gasteiger partial charge on any atom is -0.406 e. The van der Waals surface area contributed by atoms with E-state index in [0.29, 0.717) is 16.3 Å². The molecule has 1 saturated heterocycles. The highest BCUT2D eigenvalue weighted by Crippen LogP contribution is 2.28. The summed E-state index contributed by atoms with van der Waals surface area (Å²) in [6.07, 6.45) is -2.02. The van der Waals surface area contributed by atoms with Crippen LogP contribution in [0.1, 0.15) is 15.9 Å². The van der Waals surface area contributed by atoms with Gasteiger partial charge in [0, 0.05) is 36.7 Å². The average molecular weight is 519 g/mol. The molecule has 0 aliphatic carbocycles. The first-order valence-electron chi connectivity index (χ1n) is 10.5. The average Bonchev–Trinajstić information content (AvgIpc) is 3.11. The Bertz CT molecular complexity index is 1300. The first kappa shape index (κ1) is 25.0. The molecule has 4 rings (SSSR count). The van der Waals surface area contributed by atoms with Gasteiger partial charge in [0.1, 0.15) is 12.3 Å². The number of nitrogens with zero attached hydrogens (tertiary/aromatic N) is 4. The van der Waals surface area contributed by atoms with E-state index in [2.05, 4.69) is 9.72 Å². The third-order valence-electron chi connectivity index (χ3n) is 5.39. The molecule has 1 fully saturated rings. The fraction of sp³-hybridized carbons (Fsp3) is 0.167. The third kappa shape index (κ3) is 5.41. The summed E-state index contributed by atoms with van der Waals surface area (Å²) in [4.78, 5) is 46.3. The van der Waals surface area contributed by atoms with Crippen molar-refractivity contribution in [3.63, 3.8) is 0 Å². The van der Waals surface area contributed by atoms with E-state index in [9.17, 15) is 27.6 Å². The van der Waals surface area contributed by atoms with Crippen LogP contribution in [0.25, 0.3) is 0 Å². The first-order valence-corrected chi connectivity index (χ1v) is 10.9. The molecule has 3 aromatic rings. The van der Waals surface area contributed by atoms with Crippen LogP contribution in [0, 0.1) is 0 Å². The van der Waals surface area contributed by atoms with Gasteiger partial charge in [-0.05, 0) is 60.2 Å². The minimum absolute atomic E-state index is 0.0611. The molecule has 0 radical (unpaired) electrons. The molecule has 1 aromatic heterocycles. The summed E-state index contributed by atoms with van der Waals surface area (Å²) in [5, 5.41) is 0.519. The monoisotopic (exact) mass is 518 g/mol. The maximum atomic E-state index is 13.2. The molecule has 0 bridgehead atoms. The number of pyridine rings is 1. The largest absolute Gasteiger partial charge is 0.573 e. The second-order valence-electron chi connectivity index (χ2n) is 7.78. The number of ether oxygens (including phenoxy) is 1. The van der Waals surface area contributed by atoms with Crippen LogP contribution in [0.3, 0.4) is 0 Å². The molecule has 0 unspecified atom stereocenters. The van der Waals surface area contributed by atoms with Crippen LogP contribution < -0.4 is 14.5 Å². The number of imide groups is 1. The molecule has 0 spiro atoms. The molecule has 4 amide bonds. The van der Waals surface area contributed by atoms with E-state index in [1.54, 1.807) is 37.4 Å². The molecule has 0 atom stereocenters. The summed E-state index contributed by atoms with van der Waals surface area (Å²) in [7, 11) is 1.58. The summed E-state index contributed by atoms with van der Waals surface area (Å²) >= 11 is 5.91. The molecule has 2 aromatic carbocycles. The maximum absolute atomic E-state index is 13.2. The van der Waals surface area contributed by atoms with Crippen molar-refractivity contribution in [3.05, 3.63) is 83.1 Å². The van der Waals surface area contributed by atoms with Crippen LogP contribution in [-0.2, 0) is 11.3 Å². The highest BCUT2D eigenvalue weighted by Gasteiger charge is 2.38. The number of carbonyl (C=O) groups is 3. The smallest absolute Gasteiger partial charge is 0.406 e. The molecule has 2 heterocycles. The Kier molecular flexibility index (Phi) is 6.84. The second-order valence-corrected chi connectivity index (χ2v) is 8.22.